The number of aryl methyl sites for hydroxylation is 1. The van der Waals surface area contributed by atoms with Crippen molar-refractivity contribution in [2.75, 3.05) is 0 Å². The molecular weight excluding hydrogens is 262 g/mol. The van der Waals surface area contributed by atoms with E-state index in [0.717, 1.165) is 11.1 Å². The molecule has 0 saturated carbocycles. The molecule has 0 atom stereocenters. The summed E-state index contributed by atoms with van der Waals surface area (Å²) >= 11 is 0. The number of nitrogens with zero attached hydrogens (tertiary/aromatic N) is 1. The average Bonchev–Trinajstić information content (AvgIpc) is 3.04. The predicted octanol–water partition coefficient (Wildman–Crippen LogP) is 4.16. The molecule has 2 aromatic carbocycles. The fourth-order valence-electron chi connectivity index (χ4n) is 2.15. The zero-order chi connectivity index (χ0) is 14.5. The van der Waals surface area contributed by atoms with Gasteiger partial charge in [0.05, 0.1) is 6.20 Å². The summed E-state index contributed by atoms with van der Waals surface area (Å²) in [5, 5.41) is 0. The smallest absolute Gasteiger partial charge is 0.263 e. The van der Waals surface area contributed by atoms with Crippen molar-refractivity contribution in [3.05, 3.63) is 78.3 Å². The number of rotatable bonds is 5. The first-order chi connectivity index (χ1) is 10.3. The van der Waals surface area contributed by atoms with Gasteiger partial charge in [0.25, 0.3) is 5.89 Å². The second kappa shape index (κ2) is 6.18. The van der Waals surface area contributed by atoms with Crippen molar-refractivity contribution in [1.82, 2.24) is 4.98 Å². The third kappa shape index (κ3) is 3.26. The lowest BCUT2D eigenvalue weighted by Crippen LogP contribution is -2.01. The Morgan fingerprint density at radius 3 is 2.33 bits per heavy atom. The predicted molar refractivity (Wildman–Crippen MR) is 81.0 cm³/mol. The van der Waals surface area contributed by atoms with Gasteiger partial charge in [-0.25, -0.2) is 4.98 Å². The fraction of sp³-hybridized carbons (Fsp3) is 0.111. The van der Waals surface area contributed by atoms with Gasteiger partial charge in [0.2, 0.25) is 5.78 Å². The van der Waals surface area contributed by atoms with Crippen LogP contribution in [0.25, 0.3) is 11.3 Å². The molecule has 3 aromatic rings. The van der Waals surface area contributed by atoms with E-state index < -0.39 is 0 Å². The van der Waals surface area contributed by atoms with E-state index in [2.05, 4.69) is 4.98 Å². The fourth-order valence-corrected chi connectivity index (χ4v) is 2.15. The zero-order valence-electron chi connectivity index (χ0n) is 11.5. The van der Waals surface area contributed by atoms with Crippen LogP contribution in [-0.4, -0.2) is 10.8 Å². The maximum atomic E-state index is 12.1. The van der Waals surface area contributed by atoms with E-state index >= 15 is 0 Å². The number of benzene rings is 2. The molecule has 0 aliphatic rings. The number of carbonyl (C=O) groups excluding carboxylic acids is 1. The Balaban J connectivity index is 1.67. The van der Waals surface area contributed by atoms with Gasteiger partial charge in [0.1, 0.15) is 0 Å². The maximum Gasteiger partial charge on any atom is 0.263 e. The number of Topliss-reactive ketones (excluding diaryl/α,β-unsaturated/α-hetero) is 1. The van der Waals surface area contributed by atoms with Crippen LogP contribution in [0.4, 0.5) is 0 Å². The second-order valence-electron chi connectivity index (χ2n) is 4.80. The van der Waals surface area contributed by atoms with Crippen LogP contribution in [-0.2, 0) is 6.42 Å². The van der Waals surface area contributed by atoms with Gasteiger partial charge in [-0.2, -0.15) is 0 Å². The van der Waals surface area contributed by atoms with Gasteiger partial charge in [-0.1, -0.05) is 60.7 Å². The Bertz CT molecular complexity index is 717. The molecule has 0 amide bonds. The lowest BCUT2D eigenvalue weighted by molar-refractivity contribution is 0.0950. The molecule has 0 saturated heterocycles. The normalized spacial score (nSPS) is 10.5. The molecule has 0 bridgehead atoms. The molecular formula is C18H15NO2. The molecule has 0 N–H and O–H groups in total. The van der Waals surface area contributed by atoms with E-state index in [1.165, 1.54) is 0 Å². The molecule has 104 valence electrons. The third-order valence-electron chi connectivity index (χ3n) is 3.29. The highest BCUT2D eigenvalue weighted by molar-refractivity contribution is 5.92. The number of hydrogen-bond acceptors (Lipinski definition) is 3. The lowest BCUT2D eigenvalue weighted by atomic mass is 10.1. The van der Waals surface area contributed by atoms with E-state index in [1.54, 1.807) is 6.20 Å². The largest absolute Gasteiger partial charge is 0.434 e. The highest BCUT2D eigenvalue weighted by atomic mass is 16.4. The van der Waals surface area contributed by atoms with Crippen LogP contribution in [0.2, 0.25) is 0 Å². The van der Waals surface area contributed by atoms with Crippen molar-refractivity contribution >= 4 is 5.78 Å². The number of carbonyl (C=O) groups is 1. The van der Waals surface area contributed by atoms with Crippen molar-refractivity contribution in [3.8, 4) is 11.3 Å². The van der Waals surface area contributed by atoms with E-state index in [9.17, 15) is 4.79 Å². The van der Waals surface area contributed by atoms with Gasteiger partial charge in [0, 0.05) is 12.0 Å². The number of ketones is 1. The molecule has 1 aromatic heterocycles. The topological polar surface area (TPSA) is 43.1 Å². The molecule has 0 aliphatic heterocycles. The van der Waals surface area contributed by atoms with Crippen molar-refractivity contribution in [3.63, 3.8) is 0 Å². The van der Waals surface area contributed by atoms with Crippen LogP contribution >= 0.6 is 0 Å². The molecule has 0 spiro atoms. The van der Waals surface area contributed by atoms with Crippen LogP contribution in [0.15, 0.2) is 71.3 Å². The standard InChI is InChI=1S/C18H15NO2/c20-16(12-11-14-7-3-1-4-8-14)18-19-13-17(21-18)15-9-5-2-6-10-15/h1-10,13H,11-12H2. The first-order valence-electron chi connectivity index (χ1n) is 6.91. The Morgan fingerprint density at radius 1 is 0.952 bits per heavy atom. The lowest BCUT2D eigenvalue weighted by Gasteiger charge is -1.98. The van der Waals surface area contributed by atoms with Crippen molar-refractivity contribution in [2.24, 2.45) is 0 Å². The summed E-state index contributed by atoms with van der Waals surface area (Å²) in [6, 6.07) is 19.6. The summed E-state index contributed by atoms with van der Waals surface area (Å²) in [4.78, 5) is 16.2. The van der Waals surface area contributed by atoms with Crippen molar-refractivity contribution in [1.29, 1.82) is 0 Å². The molecule has 3 nitrogen and oxygen atoms in total. The summed E-state index contributed by atoms with van der Waals surface area (Å²) < 4.78 is 5.56. The average molecular weight is 277 g/mol. The zero-order valence-corrected chi connectivity index (χ0v) is 11.5. The van der Waals surface area contributed by atoms with Crippen LogP contribution < -0.4 is 0 Å². The summed E-state index contributed by atoms with van der Waals surface area (Å²) in [5.41, 5.74) is 2.06. The monoisotopic (exact) mass is 277 g/mol. The SMILES string of the molecule is O=C(CCc1ccccc1)c1ncc(-c2ccccc2)o1. The van der Waals surface area contributed by atoms with E-state index in [0.29, 0.717) is 18.6 Å². The van der Waals surface area contributed by atoms with Gasteiger partial charge in [-0.3, -0.25) is 4.79 Å². The van der Waals surface area contributed by atoms with E-state index in [4.69, 9.17) is 4.42 Å². The molecule has 0 unspecified atom stereocenters. The Labute approximate surface area is 123 Å². The van der Waals surface area contributed by atoms with Crippen LogP contribution in [0.3, 0.4) is 0 Å². The Morgan fingerprint density at radius 2 is 1.62 bits per heavy atom. The highest BCUT2D eigenvalue weighted by Gasteiger charge is 2.14. The van der Waals surface area contributed by atoms with E-state index in [1.807, 2.05) is 60.7 Å². The number of oxazole rings is 1. The van der Waals surface area contributed by atoms with Gasteiger partial charge in [0.15, 0.2) is 5.76 Å². The summed E-state index contributed by atoms with van der Waals surface area (Å²) in [6.45, 7) is 0. The van der Waals surface area contributed by atoms with Gasteiger partial charge >= 0.3 is 0 Å². The Hall–Kier alpha value is -2.68. The van der Waals surface area contributed by atoms with Gasteiger partial charge < -0.3 is 4.42 Å². The van der Waals surface area contributed by atoms with Gasteiger partial charge in [-0.15, -0.1) is 0 Å². The summed E-state index contributed by atoms with van der Waals surface area (Å²) in [7, 11) is 0. The molecule has 1 heterocycles. The molecule has 3 rings (SSSR count). The number of aromatic nitrogens is 1. The number of hydrogen-bond donors (Lipinski definition) is 0. The van der Waals surface area contributed by atoms with Crippen molar-refractivity contribution < 1.29 is 9.21 Å². The molecule has 21 heavy (non-hydrogen) atoms. The minimum Gasteiger partial charge on any atom is -0.434 e. The van der Waals surface area contributed by atoms with Crippen LogP contribution in [0.5, 0.6) is 0 Å². The van der Waals surface area contributed by atoms with Crippen molar-refractivity contribution in [2.45, 2.75) is 12.8 Å². The molecule has 3 heteroatoms. The summed E-state index contributed by atoms with van der Waals surface area (Å²) in [6.07, 6.45) is 2.70. The first-order valence-corrected chi connectivity index (χ1v) is 6.91. The minimum absolute atomic E-state index is 0.0685. The first kappa shape index (κ1) is 13.3. The van der Waals surface area contributed by atoms with E-state index in [-0.39, 0.29) is 11.7 Å². The molecule has 0 radical (unpaired) electrons. The van der Waals surface area contributed by atoms with Crippen LogP contribution in [0, 0.1) is 0 Å². The quantitative estimate of drug-likeness (QED) is 0.658. The minimum atomic E-state index is -0.0685. The molecule has 0 aliphatic carbocycles. The summed E-state index contributed by atoms with van der Waals surface area (Å²) in [5.74, 6) is 0.740. The second-order valence-corrected chi connectivity index (χ2v) is 4.80. The highest BCUT2D eigenvalue weighted by Crippen LogP contribution is 2.20. The Kier molecular flexibility index (Phi) is 3.92. The maximum absolute atomic E-state index is 12.1. The molecule has 0 fully saturated rings. The van der Waals surface area contributed by atoms with Gasteiger partial charge in [-0.05, 0) is 12.0 Å². The van der Waals surface area contributed by atoms with Crippen LogP contribution in [0.1, 0.15) is 22.7 Å². The third-order valence-corrected chi connectivity index (χ3v) is 3.29.